The maximum atomic E-state index is 11.7. The van der Waals surface area contributed by atoms with Gasteiger partial charge < -0.3 is 15.8 Å². The third-order valence-corrected chi connectivity index (χ3v) is 2.70. The summed E-state index contributed by atoms with van der Waals surface area (Å²) in [5, 5.41) is 2.89. The Kier molecular flexibility index (Phi) is 5.83. The zero-order chi connectivity index (χ0) is 14.3. The average Bonchev–Trinajstić information content (AvgIpc) is 2.34. The normalized spacial score (nSPS) is 11.2. The van der Waals surface area contributed by atoms with Crippen molar-refractivity contribution < 1.29 is 9.53 Å². The van der Waals surface area contributed by atoms with E-state index in [1.54, 1.807) is 0 Å². The van der Waals surface area contributed by atoms with Crippen LogP contribution in [0.25, 0.3) is 0 Å². The fourth-order valence-corrected chi connectivity index (χ4v) is 1.64. The number of ether oxygens (including phenoxy) is 1. The van der Waals surface area contributed by atoms with Gasteiger partial charge in [0.05, 0.1) is 6.61 Å². The van der Waals surface area contributed by atoms with E-state index in [9.17, 15) is 4.79 Å². The number of nitrogens with one attached hydrogen (secondary N) is 1. The van der Waals surface area contributed by atoms with Crippen molar-refractivity contribution in [1.29, 1.82) is 0 Å². The zero-order valence-corrected chi connectivity index (χ0v) is 12.0. The molecule has 0 unspecified atom stereocenters. The second-order valence-electron chi connectivity index (χ2n) is 5.35. The topological polar surface area (TPSA) is 64.3 Å². The Balaban J connectivity index is 2.39. The van der Waals surface area contributed by atoms with Gasteiger partial charge in [0.15, 0.2) is 0 Å². The monoisotopic (exact) mass is 264 g/mol. The Morgan fingerprint density at radius 3 is 2.79 bits per heavy atom. The van der Waals surface area contributed by atoms with Crippen molar-refractivity contribution in [2.75, 3.05) is 6.61 Å². The number of amides is 1. The van der Waals surface area contributed by atoms with Gasteiger partial charge in [-0.3, -0.25) is 4.79 Å². The predicted octanol–water partition coefficient (Wildman–Crippen LogP) is 2.22. The van der Waals surface area contributed by atoms with Gasteiger partial charge in [0, 0.05) is 18.5 Å². The molecule has 0 radical (unpaired) electrons. The molecule has 0 saturated carbocycles. The van der Waals surface area contributed by atoms with E-state index in [0.717, 1.165) is 11.3 Å². The fraction of sp³-hybridized carbons (Fsp3) is 0.533. The third-order valence-electron chi connectivity index (χ3n) is 2.70. The molecular weight excluding hydrogens is 240 g/mol. The molecule has 0 saturated heterocycles. The van der Waals surface area contributed by atoms with Crippen LogP contribution in [0, 0.1) is 0 Å². The summed E-state index contributed by atoms with van der Waals surface area (Å²) in [4.78, 5) is 11.7. The van der Waals surface area contributed by atoms with Crippen LogP contribution in [0.4, 0.5) is 0 Å². The van der Waals surface area contributed by atoms with E-state index in [0.29, 0.717) is 26.0 Å². The van der Waals surface area contributed by atoms with Crippen LogP contribution in [-0.4, -0.2) is 18.1 Å². The van der Waals surface area contributed by atoms with Crippen LogP contribution in [0.3, 0.4) is 0 Å². The van der Waals surface area contributed by atoms with Crippen molar-refractivity contribution in [3.8, 4) is 5.75 Å². The van der Waals surface area contributed by atoms with E-state index < -0.39 is 0 Å². The predicted molar refractivity (Wildman–Crippen MR) is 77.0 cm³/mol. The number of carbonyl (C=O) groups is 1. The fourth-order valence-electron chi connectivity index (χ4n) is 1.64. The van der Waals surface area contributed by atoms with E-state index in [2.05, 4.69) is 5.32 Å². The van der Waals surface area contributed by atoms with E-state index in [4.69, 9.17) is 10.5 Å². The van der Waals surface area contributed by atoms with Gasteiger partial charge in [-0.25, -0.2) is 0 Å². The number of carbonyl (C=O) groups excluding carboxylic acids is 1. The second-order valence-corrected chi connectivity index (χ2v) is 5.35. The first kappa shape index (κ1) is 15.5. The number of nitrogens with two attached hydrogens (primary N) is 1. The summed E-state index contributed by atoms with van der Waals surface area (Å²) in [6, 6.07) is 7.74. The lowest BCUT2D eigenvalue weighted by atomic mass is 10.00. The lowest BCUT2D eigenvalue weighted by molar-refractivity contribution is -0.121. The van der Waals surface area contributed by atoms with Gasteiger partial charge in [-0.05, 0) is 44.9 Å². The minimum absolute atomic E-state index is 0.0281. The molecule has 0 atom stereocenters. The highest BCUT2D eigenvalue weighted by Gasteiger charge is 2.12. The molecular formula is C15H24N2O2. The van der Waals surface area contributed by atoms with Crippen LogP contribution in [0.1, 0.15) is 39.2 Å². The smallest absolute Gasteiger partial charge is 0.220 e. The number of rotatable bonds is 7. The van der Waals surface area contributed by atoms with Crippen molar-refractivity contribution in [2.45, 2.75) is 45.7 Å². The molecule has 4 heteroatoms. The largest absolute Gasteiger partial charge is 0.494 e. The molecule has 1 amide bonds. The third kappa shape index (κ3) is 6.82. The number of benzene rings is 1. The molecule has 3 N–H and O–H groups in total. The van der Waals surface area contributed by atoms with Gasteiger partial charge in [-0.15, -0.1) is 0 Å². The Hall–Kier alpha value is -1.55. The minimum atomic E-state index is -0.299. The summed E-state index contributed by atoms with van der Waals surface area (Å²) in [6.07, 6.45) is 1.13. The Morgan fingerprint density at radius 2 is 2.16 bits per heavy atom. The van der Waals surface area contributed by atoms with Crippen molar-refractivity contribution in [2.24, 2.45) is 5.73 Å². The molecule has 1 aromatic rings. The maximum absolute atomic E-state index is 11.7. The first-order valence-corrected chi connectivity index (χ1v) is 6.68. The van der Waals surface area contributed by atoms with Gasteiger partial charge in [-0.1, -0.05) is 12.1 Å². The molecule has 1 rings (SSSR count). The molecule has 0 heterocycles. The van der Waals surface area contributed by atoms with Crippen LogP contribution in [0.15, 0.2) is 24.3 Å². The van der Waals surface area contributed by atoms with Crippen molar-refractivity contribution in [3.05, 3.63) is 29.8 Å². The molecule has 0 aliphatic heterocycles. The Bertz CT molecular complexity index is 411. The van der Waals surface area contributed by atoms with E-state index in [-0.39, 0.29) is 11.4 Å². The molecule has 0 bridgehead atoms. The number of hydrogen-bond donors (Lipinski definition) is 2. The molecule has 106 valence electrons. The van der Waals surface area contributed by atoms with E-state index in [1.165, 1.54) is 0 Å². The molecule has 0 aromatic heterocycles. The van der Waals surface area contributed by atoms with Gasteiger partial charge in [0.1, 0.15) is 5.75 Å². The molecule has 19 heavy (non-hydrogen) atoms. The Morgan fingerprint density at radius 1 is 1.42 bits per heavy atom. The highest BCUT2D eigenvalue weighted by molar-refractivity contribution is 5.75. The molecule has 0 aliphatic rings. The molecule has 1 aromatic carbocycles. The lowest BCUT2D eigenvalue weighted by Crippen LogP contribution is -2.34. The summed E-state index contributed by atoms with van der Waals surface area (Å²) in [5.74, 6) is 0.859. The van der Waals surface area contributed by atoms with Gasteiger partial charge >= 0.3 is 0 Å². The van der Waals surface area contributed by atoms with Gasteiger partial charge in [0.25, 0.3) is 0 Å². The van der Waals surface area contributed by atoms with Crippen LogP contribution in [0.2, 0.25) is 0 Å². The second kappa shape index (κ2) is 7.14. The summed E-state index contributed by atoms with van der Waals surface area (Å²) in [5.41, 5.74) is 6.58. The van der Waals surface area contributed by atoms with Crippen LogP contribution in [0.5, 0.6) is 5.75 Å². The van der Waals surface area contributed by atoms with E-state index in [1.807, 2.05) is 45.0 Å². The first-order chi connectivity index (χ1) is 8.90. The molecule has 0 fully saturated rings. The molecule has 0 spiro atoms. The maximum Gasteiger partial charge on any atom is 0.220 e. The first-order valence-electron chi connectivity index (χ1n) is 6.68. The van der Waals surface area contributed by atoms with E-state index >= 15 is 0 Å². The Labute approximate surface area is 115 Å². The summed E-state index contributed by atoms with van der Waals surface area (Å²) < 4.78 is 5.42. The molecule has 0 aliphatic carbocycles. The van der Waals surface area contributed by atoms with Crippen LogP contribution in [-0.2, 0) is 11.3 Å². The van der Waals surface area contributed by atoms with Crippen molar-refractivity contribution in [3.63, 3.8) is 0 Å². The lowest BCUT2D eigenvalue weighted by Gasteiger charge is -2.17. The summed E-state index contributed by atoms with van der Waals surface area (Å²) >= 11 is 0. The SMILES string of the molecule is CCOc1cccc(CNC(=O)CCC(C)(C)N)c1. The van der Waals surface area contributed by atoms with Crippen molar-refractivity contribution in [1.82, 2.24) is 5.32 Å². The standard InChI is InChI=1S/C15H24N2O2/c1-4-19-13-7-5-6-12(10-13)11-17-14(18)8-9-15(2,3)16/h5-7,10H,4,8-9,11,16H2,1-3H3,(H,17,18). The van der Waals surface area contributed by atoms with Crippen molar-refractivity contribution >= 4 is 5.91 Å². The van der Waals surface area contributed by atoms with Gasteiger partial charge in [0.2, 0.25) is 5.91 Å². The van der Waals surface area contributed by atoms with Crippen LogP contribution < -0.4 is 15.8 Å². The quantitative estimate of drug-likeness (QED) is 0.793. The summed E-state index contributed by atoms with van der Waals surface area (Å²) in [6.45, 7) is 6.95. The zero-order valence-electron chi connectivity index (χ0n) is 12.0. The minimum Gasteiger partial charge on any atom is -0.494 e. The summed E-state index contributed by atoms with van der Waals surface area (Å²) in [7, 11) is 0. The van der Waals surface area contributed by atoms with Crippen LogP contribution >= 0.6 is 0 Å². The average molecular weight is 264 g/mol. The highest BCUT2D eigenvalue weighted by atomic mass is 16.5. The molecule has 4 nitrogen and oxygen atoms in total. The highest BCUT2D eigenvalue weighted by Crippen LogP contribution is 2.13. The van der Waals surface area contributed by atoms with Gasteiger partial charge in [-0.2, -0.15) is 0 Å². The number of hydrogen-bond acceptors (Lipinski definition) is 3.